The number of benzene rings is 1. The predicted molar refractivity (Wildman–Crippen MR) is 77.0 cm³/mol. The maximum atomic E-state index is 12.3. The molecule has 1 aliphatic rings. The van der Waals surface area contributed by atoms with E-state index in [9.17, 15) is 19.7 Å². The van der Waals surface area contributed by atoms with E-state index in [4.69, 9.17) is 0 Å². The largest absolute Gasteiger partial charge is 0.270 e. The Bertz CT molecular complexity index is 689. The molecule has 0 saturated carbocycles. The van der Waals surface area contributed by atoms with Gasteiger partial charge < -0.3 is 0 Å². The summed E-state index contributed by atoms with van der Waals surface area (Å²) in [4.78, 5) is 35.8. The second kappa shape index (κ2) is 5.70. The Kier molecular flexibility index (Phi) is 3.98. The molecule has 0 aliphatic carbocycles. The number of non-ortho nitro benzene ring substituents is 1. The van der Waals surface area contributed by atoms with Crippen molar-refractivity contribution in [2.24, 2.45) is 0 Å². The summed E-state index contributed by atoms with van der Waals surface area (Å²) in [5, 5.41) is 10.8. The van der Waals surface area contributed by atoms with Crippen LogP contribution in [0.4, 0.5) is 5.69 Å². The molecule has 1 aromatic carbocycles. The van der Waals surface area contributed by atoms with Crippen molar-refractivity contribution in [2.75, 3.05) is 6.54 Å². The average molecular weight is 286 g/mol. The molecule has 0 unspecified atom stereocenters. The molecule has 0 atom stereocenters. The summed E-state index contributed by atoms with van der Waals surface area (Å²) in [5.74, 6) is -0.920. The van der Waals surface area contributed by atoms with Gasteiger partial charge in [0.1, 0.15) is 0 Å². The zero-order valence-corrected chi connectivity index (χ0v) is 11.7. The number of carbonyl (C=O) groups is 2. The van der Waals surface area contributed by atoms with Crippen molar-refractivity contribution in [1.82, 2.24) is 4.90 Å². The van der Waals surface area contributed by atoms with Gasteiger partial charge in [-0.05, 0) is 25.5 Å². The number of hydrogen-bond acceptors (Lipinski definition) is 4. The quantitative estimate of drug-likeness (QED) is 0.369. The monoisotopic (exact) mass is 286 g/mol. The normalized spacial score (nSPS) is 15.0. The van der Waals surface area contributed by atoms with Crippen LogP contribution in [0.5, 0.6) is 0 Å². The van der Waals surface area contributed by atoms with Crippen molar-refractivity contribution in [3.05, 3.63) is 63.2 Å². The number of nitrogens with zero attached hydrogens (tertiary/aromatic N) is 2. The SMILES string of the molecule is C/C=C\C(=C/C)CN1C(=O)c2ccc([N+](=O)[O-])cc2C1=O. The Morgan fingerprint density at radius 1 is 1.24 bits per heavy atom. The molecule has 0 fully saturated rings. The van der Waals surface area contributed by atoms with Gasteiger partial charge in [0.15, 0.2) is 0 Å². The molecule has 21 heavy (non-hydrogen) atoms. The van der Waals surface area contributed by atoms with E-state index < -0.39 is 16.7 Å². The highest BCUT2D eigenvalue weighted by Gasteiger charge is 2.36. The Morgan fingerprint density at radius 3 is 2.48 bits per heavy atom. The van der Waals surface area contributed by atoms with Gasteiger partial charge in [0.05, 0.1) is 22.6 Å². The molecule has 2 amide bonds. The minimum absolute atomic E-state index is 0.0881. The lowest BCUT2D eigenvalue weighted by molar-refractivity contribution is -0.384. The molecule has 0 spiro atoms. The molecule has 0 radical (unpaired) electrons. The highest BCUT2D eigenvalue weighted by atomic mass is 16.6. The lowest BCUT2D eigenvalue weighted by Gasteiger charge is -2.14. The van der Waals surface area contributed by atoms with E-state index >= 15 is 0 Å². The van der Waals surface area contributed by atoms with Gasteiger partial charge in [0.2, 0.25) is 0 Å². The first-order valence-corrected chi connectivity index (χ1v) is 6.42. The van der Waals surface area contributed by atoms with Crippen LogP contribution in [0, 0.1) is 10.1 Å². The van der Waals surface area contributed by atoms with Crippen LogP contribution in [0.2, 0.25) is 0 Å². The van der Waals surface area contributed by atoms with Crippen LogP contribution in [0.3, 0.4) is 0 Å². The Labute approximate surface area is 121 Å². The second-order valence-corrected chi connectivity index (χ2v) is 4.55. The van der Waals surface area contributed by atoms with E-state index in [2.05, 4.69) is 0 Å². The van der Waals surface area contributed by atoms with Crippen molar-refractivity contribution in [3.63, 3.8) is 0 Å². The van der Waals surface area contributed by atoms with Crippen LogP contribution >= 0.6 is 0 Å². The highest BCUT2D eigenvalue weighted by Crippen LogP contribution is 2.27. The zero-order chi connectivity index (χ0) is 15.6. The molecule has 0 bridgehead atoms. The molecule has 6 heteroatoms. The Hall–Kier alpha value is -2.76. The molecular weight excluding hydrogens is 272 g/mol. The number of nitro groups is 1. The summed E-state index contributed by atoms with van der Waals surface area (Å²) >= 11 is 0. The molecule has 2 rings (SSSR count). The van der Waals surface area contributed by atoms with Crippen LogP contribution in [0.15, 0.2) is 42.0 Å². The van der Waals surface area contributed by atoms with Crippen LogP contribution in [-0.2, 0) is 0 Å². The van der Waals surface area contributed by atoms with Crippen LogP contribution in [0.1, 0.15) is 34.6 Å². The number of rotatable bonds is 4. The molecule has 0 saturated heterocycles. The summed E-state index contributed by atoms with van der Waals surface area (Å²) < 4.78 is 0. The number of amides is 2. The molecule has 0 N–H and O–H groups in total. The lowest BCUT2D eigenvalue weighted by atomic mass is 10.1. The third-order valence-electron chi connectivity index (χ3n) is 3.26. The predicted octanol–water partition coefficient (Wildman–Crippen LogP) is 2.71. The molecule has 1 aromatic rings. The number of carbonyl (C=O) groups excluding carboxylic acids is 2. The fraction of sp³-hybridized carbons (Fsp3) is 0.200. The number of imide groups is 1. The molecular formula is C15H14N2O4. The molecule has 0 aromatic heterocycles. The van der Waals surface area contributed by atoms with E-state index in [1.165, 1.54) is 12.1 Å². The van der Waals surface area contributed by atoms with Gasteiger partial charge in [-0.25, -0.2) is 0 Å². The van der Waals surface area contributed by atoms with E-state index in [0.717, 1.165) is 16.5 Å². The van der Waals surface area contributed by atoms with E-state index in [-0.39, 0.29) is 23.4 Å². The summed E-state index contributed by atoms with van der Waals surface area (Å²) in [7, 11) is 0. The van der Waals surface area contributed by atoms with Gasteiger partial charge in [0.25, 0.3) is 17.5 Å². The fourth-order valence-corrected chi connectivity index (χ4v) is 2.17. The third-order valence-corrected chi connectivity index (χ3v) is 3.26. The molecule has 6 nitrogen and oxygen atoms in total. The smallest absolute Gasteiger partial charge is 0.270 e. The molecule has 108 valence electrons. The average Bonchev–Trinajstić information content (AvgIpc) is 2.71. The molecule has 1 aliphatic heterocycles. The van der Waals surface area contributed by atoms with Crippen LogP contribution in [0.25, 0.3) is 0 Å². The first-order valence-electron chi connectivity index (χ1n) is 6.42. The number of nitro benzene ring substituents is 1. The summed E-state index contributed by atoms with van der Waals surface area (Å²) in [6, 6.07) is 3.72. The van der Waals surface area contributed by atoms with E-state index in [1.807, 2.05) is 32.1 Å². The first kappa shape index (κ1) is 14.6. The van der Waals surface area contributed by atoms with Gasteiger partial charge >= 0.3 is 0 Å². The minimum Gasteiger partial charge on any atom is -0.270 e. The topological polar surface area (TPSA) is 80.5 Å². The van der Waals surface area contributed by atoms with Gasteiger partial charge in [0, 0.05) is 12.1 Å². The van der Waals surface area contributed by atoms with E-state index in [0.29, 0.717) is 0 Å². The zero-order valence-electron chi connectivity index (χ0n) is 11.7. The lowest BCUT2D eigenvalue weighted by Crippen LogP contribution is -2.31. The molecule has 1 heterocycles. The van der Waals surface area contributed by atoms with Gasteiger partial charge in [-0.15, -0.1) is 0 Å². The van der Waals surface area contributed by atoms with Crippen molar-refractivity contribution in [3.8, 4) is 0 Å². The number of allylic oxidation sites excluding steroid dienone is 2. The van der Waals surface area contributed by atoms with Crippen LogP contribution < -0.4 is 0 Å². The second-order valence-electron chi connectivity index (χ2n) is 4.55. The maximum absolute atomic E-state index is 12.3. The summed E-state index contributed by atoms with van der Waals surface area (Å²) in [6.45, 7) is 3.81. The summed E-state index contributed by atoms with van der Waals surface area (Å²) in [5.41, 5.74) is 0.921. The van der Waals surface area contributed by atoms with E-state index in [1.54, 1.807) is 0 Å². The number of hydrogen-bond donors (Lipinski definition) is 0. The van der Waals surface area contributed by atoms with Crippen molar-refractivity contribution in [2.45, 2.75) is 13.8 Å². The van der Waals surface area contributed by atoms with Crippen molar-refractivity contribution in [1.29, 1.82) is 0 Å². The van der Waals surface area contributed by atoms with Crippen molar-refractivity contribution >= 4 is 17.5 Å². The van der Waals surface area contributed by atoms with Gasteiger partial charge in [-0.1, -0.05) is 18.2 Å². The third kappa shape index (κ3) is 2.60. The van der Waals surface area contributed by atoms with Gasteiger partial charge in [-0.3, -0.25) is 24.6 Å². The van der Waals surface area contributed by atoms with Crippen LogP contribution in [-0.4, -0.2) is 28.2 Å². The van der Waals surface area contributed by atoms with Gasteiger partial charge in [-0.2, -0.15) is 0 Å². The Morgan fingerprint density at radius 2 is 1.90 bits per heavy atom. The number of fused-ring (bicyclic) bond motifs is 1. The Balaban J connectivity index is 2.36. The minimum atomic E-state index is -0.585. The first-order chi connectivity index (χ1) is 9.99. The standard InChI is InChI=1S/C15H14N2O4/c1-3-5-10(4-2)9-16-14(18)12-7-6-11(17(20)21)8-13(12)15(16)19/h3-8H,9H2,1-2H3/b5-3-,10-4+. The highest BCUT2D eigenvalue weighted by molar-refractivity contribution is 6.21. The maximum Gasteiger partial charge on any atom is 0.270 e. The fourth-order valence-electron chi connectivity index (χ4n) is 2.17. The van der Waals surface area contributed by atoms with Crippen molar-refractivity contribution < 1.29 is 14.5 Å². The summed E-state index contributed by atoms with van der Waals surface area (Å²) in [6.07, 6.45) is 5.44.